The van der Waals surface area contributed by atoms with Gasteiger partial charge < -0.3 is 4.40 Å². The maximum atomic E-state index is 4.77. The highest BCUT2D eigenvalue weighted by atomic mass is 32.1. The van der Waals surface area contributed by atoms with Crippen molar-refractivity contribution in [2.75, 3.05) is 0 Å². The van der Waals surface area contributed by atoms with Crippen LogP contribution in [0.4, 0.5) is 0 Å². The second kappa shape index (κ2) is 7.08. The molecule has 0 atom stereocenters. The smallest absolute Gasteiger partial charge is 0.0705 e. The maximum Gasteiger partial charge on any atom is 0.0705 e. The Morgan fingerprint density at radius 2 is 1.54 bits per heavy atom. The normalized spacial score (nSPS) is 12.9. The van der Waals surface area contributed by atoms with Gasteiger partial charge in [-0.3, -0.25) is 4.98 Å². The van der Waals surface area contributed by atoms with Crippen LogP contribution in [0.5, 0.6) is 0 Å². The van der Waals surface area contributed by atoms with Crippen LogP contribution < -0.4 is 0 Å². The minimum Gasteiger partial charge on any atom is -0.308 e. The number of pyridine rings is 1. The molecule has 0 fully saturated rings. The van der Waals surface area contributed by atoms with Gasteiger partial charge in [-0.2, -0.15) is 0 Å². The zero-order valence-electron chi connectivity index (χ0n) is 21.4. The number of hydrogen-bond acceptors (Lipinski definition) is 2. The number of nitrogens with zero attached hydrogens (tertiary/aromatic N) is 2. The quantitative estimate of drug-likeness (QED) is 0.222. The number of aromatic nitrogens is 2. The summed E-state index contributed by atoms with van der Waals surface area (Å²) in [7, 11) is 0. The summed E-state index contributed by atoms with van der Waals surface area (Å²) in [6.45, 7) is 8.96. The Balaban J connectivity index is 1.54. The summed E-state index contributed by atoms with van der Waals surface area (Å²) in [6.07, 6.45) is 1.95. The zero-order valence-corrected chi connectivity index (χ0v) is 22.2. The van der Waals surface area contributed by atoms with Crippen molar-refractivity contribution in [1.82, 2.24) is 9.38 Å². The van der Waals surface area contributed by atoms with E-state index in [2.05, 4.69) is 111 Å². The van der Waals surface area contributed by atoms with E-state index >= 15 is 0 Å². The van der Waals surface area contributed by atoms with Gasteiger partial charge in [-0.15, -0.1) is 11.3 Å². The van der Waals surface area contributed by atoms with Gasteiger partial charge in [0, 0.05) is 53.5 Å². The third kappa shape index (κ3) is 2.83. The van der Waals surface area contributed by atoms with E-state index in [0.717, 1.165) is 5.69 Å². The van der Waals surface area contributed by atoms with Crippen molar-refractivity contribution in [3.05, 3.63) is 96.2 Å². The molecule has 2 nitrogen and oxygen atoms in total. The minimum atomic E-state index is 0.0843. The second-order valence-electron chi connectivity index (χ2n) is 11.4. The van der Waals surface area contributed by atoms with Crippen LogP contribution in [0.15, 0.2) is 85.1 Å². The Bertz CT molecular complexity index is 2190. The van der Waals surface area contributed by atoms with Crippen LogP contribution in [-0.4, -0.2) is 9.38 Å². The van der Waals surface area contributed by atoms with Crippen molar-refractivity contribution in [1.29, 1.82) is 0 Å². The predicted molar refractivity (Wildman–Crippen MR) is 161 cm³/mol. The molecule has 8 aromatic rings. The Labute approximate surface area is 219 Å². The second-order valence-corrected chi connectivity index (χ2v) is 12.4. The lowest BCUT2D eigenvalue weighted by Gasteiger charge is -2.19. The summed E-state index contributed by atoms with van der Waals surface area (Å²) in [5.74, 6) is 0. The molecule has 3 heteroatoms. The highest BCUT2D eigenvalue weighted by Gasteiger charge is 2.22. The number of fused-ring (bicyclic) bond motifs is 10. The fourth-order valence-corrected chi connectivity index (χ4v) is 7.36. The number of hydrogen-bond donors (Lipinski definition) is 0. The van der Waals surface area contributed by atoms with Gasteiger partial charge in [0.2, 0.25) is 0 Å². The molecule has 0 unspecified atom stereocenters. The lowest BCUT2D eigenvalue weighted by atomic mass is 9.87. The summed E-state index contributed by atoms with van der Waals surface area (Å²) in [4.78, 5) is 4.77. The lowest BCUT2D eigenvalue weighted by molar-refractivity contribution is 0.589. The third-order valence-corrected chi connectivity index (χ3v) is 9.18. The number of benzene rings is 4. The SMILES string of the molecule is Cc1ccc2c(c1)c1c3sc4ccccc4c3cc3c4cc(-c5cc(C(C)(C)C)ccn5)ccc4n2c31. The average Bonchev–Trinajstić information content (AvgIpc) is 3.53. The van der Waals surface area contributed by atoms with Crippen molar-refractivity contribution >= 4 is 69.6 Å². The van der Waals surface area contributed by atoms with Crippen LogP contribution in [0, 0.1) is 6.92 Å². The molecule has 8 rings (SSSR count). The molecule has 0 saturated heterocycles. The van der Waals surface area contributed by atoms with E-state index in [9.17, 15) is 0 Å². The Morgan fingerprint density at radius 1 is 0.730 bits per heavy atom. The fourth-order valence-electron chi connectivity index (χ4n) is 6.11. The molecule has 0 N–H and O–H groups in total. The molecular weight excluding hydrogens is 468 g/mol. The molecule has 4 aromatic carbocycles. The highest BCUT2D eigenvalue weighted by Crippen LogP contribution is 2.48. The van der Waals surface area contributed by atoms with Crippen LogP contribution in [0.3, 0.4) is 0 Å². The van der Waals surface area contributed by atoms with Crippen molar-refractivity contribution in [2.24, 2.45) is 0 Å². The predicted octanol–water partition coefficient (Wildman–Crippen LogP) is 9.87. The number of thiophene rings is 1. The molecule has 0 aliphatic rings. The molecule has 0 saturated carbocycles. The molecule has 0 aliphatic heterocycles. The van der Waals surface area contributed by atoms with E-state index in [4.69, 9.17) is 4.98 Å². The molecule has 0 radical (unpaired) electrons. The first-order valence-corrected chi connectivity index (χ1v) is 13.7. The number of rotatable bonds is 1. The van der Waals surface area contributed by atoms with Gasteiger partial charge in [-0.1, -0.05) is 56.7 Å². The standard InChI is InChI=1S/C34H26N2S/c1-19-9-11-29-26(15-19)31-32-24(18-25-22-7-5-6-8-30(22)37-33(25)31)23-16-20(10-12-28(23)36(29)32)27-17-21(13-14-35-27)34(2,3)4/h5-18H,1-4H3. The molecule has 0 amide bonds. The van der Waals surface area contributed by atoms with Crippen molar-refractivity contribution < 1.29 is 0 Å². The Hall–Kier alpha value is -3.95. The van der Waals surface area contributed by atoms with Gasteiger partial charge in [0.25, 0.3) is 0 Å². The molecule has 0 aliphatic carbocycles. The van der Waals surface area contributed by atoms with Gasteiger partial charge in [0.15, 0.2) is 0 Å². The molecule has 178 valence electrons. The van der Waals surface area contributed by atoms with Crippen molar-refractivity contribution in [3.63, 3.8) is 0 Å². The first kappa shape index (κ1) is 21.2. The molecule has 0 spiro atoms. The summed E-state index contributed by atoms with van der Waals surface area (Å²) in [6, 6.07) is 29.4. The first-order chi connectivity index (χ1) is 17.9. The van der Waals surface area contributed by atoms with Crippen LogP contribution in [0.1, 0.15) is 31.9 Å². The van der Waals surface area contributed by atoms with Crippen molar-refractivity contribution in [2.45, 2.75) is 33.1 Å². The molecule has 0 bridgehead atoms. The summed E-state index contributed by atoms with van der Waals surface area (Å²) >= 11 is 1.92. The molecule has 4 aromatic heterocycles. The van der Waals surface area contributed by atoms with Gasteiger partial charge in [0.1, 0.15) is 0 Å². The monoisotopic (exact) mass is 494 g/mol. The third-order valence-electron chi connectivity index (χ3n) is 7.98. The van der Waals surface area contributed by atoms with E-state index in [1.807, 2.05) is 17.5 Å². The Kier molecular flexibility index (Phi) is 4.05. The Morgan fingerprint density at radius 3 is 2.41 bits per heavy atom. The van der Waals surface area contributed by atoms with E-state index < -0.39 is 0 Å². The maximum absolute atomic E-state index is 4.77. The van der Waals surface area contributed by atoms with Crippen LogP contribution >= 0.6 is 11.3 Å². The lowest BCUT2D eigenvalue weighted by Crippen LogP contribution is -2.11. The zero-order chi connectivity index (χ0) is 25.1. The molecular formula is C34H26N2S. The van der Waals surface area contributed by atoms with Gasteiger partial charge in [0.05, 0.1) is 22.2 Å². The summed E-state index contributed by atoms with van der Waals surface area (Å²) in [5.41, 5.74) is 8.77. The van der Waals surface area contributed by atoms with Gasteiger partial charge in [-0.25, -0.2) is 0 Å². The molecule has 4 heterocycles. The minimum absolute atomic E-state index is 0.0843. The summed E-state index contributed by atoms with van der Waals surface area (Å²) in [5, 5.41) is 8.05. The van der Waals surface area contributed by atoms with E-state index in [-0.39, 0.29) is 5.41 Å². The fraction of sp³-hybridized carbons (Fsp3) is 0.147. The van der Waals surface area contributed by atoms with Crippen LogP contribution in [0.2, 0.25) is 0 Å². The van der Waals surface area contributed by atoms with Crippen LogP contribution in [-0.2, 0) is 5.41 Å². The average molecular weight is 495 g/mol. The van der Waals surface area contributed by atoms with Gasteiger partial charge in [-0.05, 0) is 66.4 Å². The highest BCUT2D eigenvalue weighted by molar-refractivity contribution is 7.26. The number of aryl methyl sites for hydroxylation is 1. The van der Waals surface area contributed by atoms with Crippen molar-refractivity contribution in [3.8, 4) is 11.3 Å². The first-order valence-electron chi connectivity index (χ1n) is 12.9. The van der Waals surface area contributed by atoms with E-state index in [1.54, 1.807) is 0 Å². The van der Waals surface area contributed by atoms with E-state index in [0.29, 0.717) is 0 Å². The summed E-state index contributed by atoms with van der Waals surface area (Å²) < 4.78 is 5.23. The van der Waals surface area contributed by atoms with Gasteiger partial charge >= 0.3 is 0 Å². The van der Waals surface area contributed by atoms with E-state index in [1.165, 1.54) is 75.0 Å². The van der Waals surface area contributed by atoms with Crippen LogP contribution in [0.25, 0.3) is 69.5 Å². The topological polar surface area (TPSA) is 17.3 Å². The molecule has 37 heavy (non-hydrogen) atoms. The largest absolute Gasteiger partial charge is 0.308 e.